The van der Waals surface area contributed by atoms with Crippen molar-refractivity contribution in [3.63, 3.8) is 0 Å². The highest BCUT2D eigenvalue weighted by Gasteiger charge is 2.16. The maximum absolute atomic E-state index is 2.40. The fourth-order valence-corrected chi connectivity index (χ4v) is 8.48. The first-order valence-electron chi connectivity index (χ1n) is 19.6. The van der Waals surface area contributed by atoms with E-state index >= 15 is 0 Å². The van der Waals surface area contributed by atoms with Crippen molar-refractivity contribution in [1.82, 2.24) is 9.13 Å². The smallest absolute Gasteiger partial charge is 0.0541 e. The van der Waals surface area contributed by atoms with E-state index in [2.05, 4.69) is 224 Å². The number of hydrogen-bond donors (Lipinski definition) is 0. The van der Waals surface area contributed by atoms with Gasteiger partial charge in [0.2, 0.25) is 0 Å². The number of anilines is 1. The van der Waals surface area contributed by atoms with Crippen molar-refractivity contribution in [2.24, 2.45) is 0 Å². The number of benzene rings is 8. The Hall–Kier alpha value is -6.84. The van der Waals surface area contributed by atoms with Gasteiger partial charge in [-0.15, -0.1) is 0 Å². The highest BCUT2D eigenvalue weighted by Crippen LogP contribution is 2.39. The van der Waals surface area contributed by atoms with E-state index in [0.717, 1.165) is 11.4 Å². The molecule has 3 nitrogen and oxygen atoms in total. The molecule has 0 saturated carbocycles. The number of rotatable bonds is 7. The van der Waals surface area contributed by atoms with Crippen LogP contribution in [0.1, 0.15) is 25.3 Å². The summed E-state index contributed by atoms with van der Waals surface area (Å²) in [6.07, 6.45) is 0. The van der Waals surface area contributed by atoms with E-state index in [-0.39, 0.29) is 0 Å². The predicted molar refractivity (Wildman–Crippen MR) is 240 cm³/mol. The van der Waals surface area contributed by atoms with E-state index in [1.165, 1.54) is 88.2 Å². The summed E-state index contributed by atoms with van der Waals surface area (Å²) in [6, 6.07) is 67.2. The van der Waals surface area contributed by atoms with Crippen LogP contribution in [0.15, 0.2) is 182 Å². The van der Waals surface area contributed by atoms with Gasteiger partial charge >= 0.3 is 0 Å². The highest BCUT2D eigenvalue weighted by atomic mass is 15.1. The van der Waals surface area contributed by atoms with Gasteiger partial charge in [0.05, 0.1) is 22.1 Å². The third kappa shape index (κ3) is 5.67. The highest BCUT2D eigenvalue weighted by molar-refractivity contribution is 6.12. The maximum atomic E-state index is 2.40. The van der Waals surface area contributed by atoms with E-state index in [4.69, 9.17) is 0 Å². The molecule has 0 saturated heterocycles. The zero-order valence-corrected chi connectivity index (χ0v) is 32.2. The summed E-state index contributed by atoms with van der Waals surface area (Å²) in [5.74, 6) is 0.527. The van der Waals surface area contributed by atoms with Crippen LogP contribution >= 0.6 is 0 Å². The zero-order chi connectivity index (χ0) is 37.9. The van der Waals surface area contributed by atoms with Crippen LogP contribution in [0.5, 0.6) is 0 Å². The first kappa shape index (κ1) is 33.7. The second-order valence-electron chi connectivity index (χ2n) is 15.5. The van der Waals surface area contributed by atoms with Gasteiger partial charge in [-0.1, -0.05) is 123 Å². The molecule has 8 aromatic carbocycles. The van der Waals surface area contributed by atoms with Gasteiger partial charge in [0.25, 0.3) is 0 Å². The molecule has 56 heavy (non-hydrogen) atoms. The van der Waals surface area contributed by atoms with Gasteiger partial charge in [-0.3, -0.25) is 0 Å². The Morgan fingerprint density at radius 2 is 0.714 bits per heavy atom. The molecule has 3 heteroatoms. The zero-order valence-electron chi connectivity index (χ0n) is 32.2. The van der Waals surface area contributed by atoms with Crippen LogP contribution in [0.2, 0.25) is 0 Å². The Morgan fingerprint density at radius 1 is 0.357 bits per heavy atom. The van der Waals surface area contributed by atoms with Gasteiger partial charge in [0, 0.05) is 52.7 Å². The normalized spacial score (nSPS) is 11.7. The topological polar surface area (TPSA) is 13.1 Å². The van der Waals surface area contributed by atoms with Crippen LogP contribution in [0, 0.1) is 0 Å². The summed E-state index contributed by atoms with van der Waals surface area (Å²) in [7, 11) is 4.15. The molecule has 0 unspecified atom stereocenters. The Morgan fingerprint density at radius 3 is 1.12 bits per heavy atom. The molecule has 0 aliphatic carbocycles. The second kappa shape index (κ2) is 13.5. The summed E-state index contributed by atoms with van der Waals surface area (Å²) in [5.41, 5.74) is 17.0. The molecule has 270 valence electrons. The van der Waals surface area contributed by atoms with E-state index < -0.39 is 0 Å². The van der Waals surface area contributed by atoms with E-state index in [0.29, 0.717) is 5.92 Å². The third-order valence-electron chi connectivity index (χ3n) is 11.6. The number of para-hydroxylation sites is 2. The molecular formula is C53H43N3. The molecule has 0 amide bonds. The van der Waals surface area contributed by atoms with Crippen LogP contribution in [-0.2, 0) is 0 Å². The second-order valence-corrected chi connectivity index (χ2v) is 15.5. The van der Waals surface area contributed by atoms with Crippen LogP contribution in [0.4, 0.5) is 5.69 Å². The lowest BCUT2D eigenvalue weighted by Crippen LogP contribution is -2.07. The average Bonchev–Trinajstić information content (AvgIpc) is 3.76. The SMILES string of the molecule is CC(C)c1ccc(-c2ccc(-n3c4ccccc4c4cc(-c5ccc6c(c5)c5ccccc5n6-c5ccc(-c6ccc(N(C)C)cc6)cc5)ccc43)cc2)cc1. The van der Waals surface area contributed by atoms with Crippen molar-refractivity contribution in [2.45, 2.75) is 19.8 Å². The fourth-order valence-electron chi connectivity index (χ4n) is 8.48. The van der Waals surface area contributed by atoms with Gasteiger partial charge in [-0.05, 0) is 118 Å². The molecule has 10 aromatic rings. The van der Waals surface area contributed by atoms with Crippen LogP contribution in [0.25, 0.3) is 88.4 Å². The molecule has 0 aliphatic heterocycles. The van der Waals surface area contributed by atoms with Gasteiger partial charge in [0.1, 0.15) is 0 Å². The summed E-state index contributed by atoms with van der Waals surface area (Å²) in [4.78, 5) is 2.13. The Bertz CT molecular complexity index is 2820. The van der Waals surface area contributed by atoms with Gasteiger partial charge < -0.3 is 14.0 Å². The van der Waals surface area contributed by atoms with Crippen molar-refractivity contribution in [1.29, 1.82) is 0 Å². The molecule has 0 fully saturated rings. The quantitative estimate of drug-likeness (QED) is 0.160. The van der Waals surface area contributed by atoms with Gasteiger partial charge in [-0.2, -0.15) is 0 Å². The Labute approximate surface area is 328 Å². The Kier molecular flexibility index (Phi) is 8.11. The predicted octanol–water partition coefficient (Wildman–Crippen LogP) is 14.1. The van der Waals surface area contributed by atoms with Crippen molar-refractivity contribution >= 4 is 49.3 Å². The van der Waals surface area contributed by atoms with Crippen molar-refractivity contribution in [3.8, 4) is 44.8 Å². The lowest BCUT2D eigenvalue weighted by atomic mass is 9.99. The third-order valence-corrected chi connectivity index (χ3v) is 11.6. The molecule has 0 atom stereocenters. The van der Waals surface area contributed by atoms with E-state index in [1.54, 1.807) is 0 Å². The van der Waals surface area contributed by atoms with Gasteiger partial charge in [0.15, 0.2) is 0 Å². The van der Waals surface area contributed by atoms with E-state index in [1.807, 2.05) is 0 Å². The largest absolute Gasteiger partial charge is 0.378 e. The minimum atomic E-state index is 0.527. The molecule has 0 aliphatic rings. The minimum Gasteiger partial charge on any atom is -0.378 e. The number of fused-ring (bicyclic) bond motifs is 6. The molecule has 0 spiro atoms. The molecule has 2 aromatic heterocycles. The van der Waals surface area contributed by atoms with Crippen molar-refractivity contribution in [2.75, 3.05) is 19.0 Å². The molecule has 10 rings (SSSR count). The van der Waals surface area contributed by atoms with Gasteiger partial charge in [-0.25, -0.2) is 0 Å². The molecule has 0 radical (unpaired) electrons. The summed E-state index contributed by atoms with van der Waals surface area (Å²) in [5, 5.41) is 5.02. The lowest BCUT2D eigenvalue weighted by molar-refractivity contribution is 0.867. The number of hydrogen-bond acceptors (Lipinski definition) is 1. The first-order chi connectivity index (χ1) is 27.4. The summed E-state index contributed by atoms with van der Waals surface area (Å²) < 4.78 is 4.80. The standard InChI is InChI=1S/C53H43N3/c1-35(2)36-13-15-37(16-14-36)39-19-27-44(28-20-39)55-50-11-7-5-9-46(50)48-33-41(23-31-52(48)55)42-24-32-53-49(34-42)47-10-6-8-12-51(47)56(53)45-29-21-40(22-30-45)38-17-25-43(26-18-38)54(3)4/h5-35H,1-4H3. The van der Waals surface area contributed by atoms with Crippen molar-refractivity contribution < 1.29 is 0 Å². The average molecular weight is 722 g/mol. The van der Waals surface area contributed by atoms with Crippen LogP contribution in [-0.4, -0.2) is 23.2 Å². The Balaban J connectivity index is 1.03. The molecule has 0 N–H and O–H groups in total. The molecular weight excluding hydrogens is 679 g/mol. The fraction of sp³-hybridized carbons (Fsp3) is 0.0943. The van der Waals surface area contributed by atoms with Crippen LogP contribution in [0.3, 0.4) is 0 Å². The maximum Gasteiger partial charge on any atom is 0.0541 e. The number of aromatic nitrogens is 2. The lowest BCUT2D eigenvalue weighted by Gasteiger charge is -2.13. The number of nitrogens with zero attached hydrogens (tertiary/aromatic N) is 3. The summed E-state index contributed by atoms with van der Waals surface area (Å²) in [6.45, 7) is 4.48. The summed E-state index contributed by atoms with van der Waals surface area (Å²) >= 11 is 0. The monoisotopic (exact) mass is 721 g/mol. The first-order valence-corrected chi connectivity index (χ1v) is 19.6. The van der Waals surface area contributed by atoms with E-state index in [9.17, 15) is 0 Å². The molecule has 2 heterocycles. The molecule has 0 bridgehead atoms. The van der Waals surface area contributed by atoms with Crippen molar-refractivity contribution in [3.05, 3.63) is 188 Å². The van der Waals surface area contributed by atoms with Crippen LogP contribution < -0.4 is 4.90 Å². The minimum absolute atomic E-state index is 0.527.